The van der Waals surface area contributed by atoms with Crippen LogP contribution < -0.4 is 5.73 Å². The molecule has 1 aliphatic heterocycles. The fraction of sp³-hybridized carbons (Fsp3) is 0.625. The zero-order chi connectivity index (χ0) is 15.2. The van der Waals surface area contributed by atoms with Gasteiger partial charge >= 0.3 is 0 Å². The molecule has 118 valence electrons. The minimum absolute atomic E-state index is 0.0769. The molecular weight excluding hydrogens is 330 g/mol. The quantitative estimate of drug-likeness (QED) is 0.845. The molecule has 2 rings (SSSR count). The molecule has 1 aromatic rings. The minimum Gasteiger partial charge on any atom is -0.395 e. The van der Waals surface area contributed by atoms with E-state index in [0.717, 1.165) is 43.6 Å². The summed E-state index contributed by atoms with van der Waals surface area (Å²) in [5.41, 5.74) is 7.56. The maximum absolute atomic E-state index is 9.11. The monoisotopic (exact) mass is 355 g/mol. The number of hydrogen-bond donors (Lipinski definition) is 2. The van der Waals surface area contributed by atoms with Gasteiger partial charge in [-0.1, -0.05) is 34.1 Å². The van der Waals surface area contributed by atoms with E-state index in [4.69, 9.17) is 10.8 Å². The van der Waals surface area contributed by atoms with Gasteiger partial charge in [-0.3, -0.25) is 9.80 Å². The van der Waals surface area contributed by atoms with Crippen molar-refractivity contribution in [3.8, 4) is 0 Å². The highest BCUT2D eigenvalue weighted by Crippen LogP contribution is 2.30. The number of nitrogens with zero attached hydrogens (tertiary/aromatic N) is 2. The summed E-state index contributed by atoms with van der Waals surface area (Å²) in [7, 11) is 0. The lowest BCUT2D eigenvalue weighted by Crippen LogP contribution is -2.41. The Morgan fingerprint density at radius 1 is 1.24 bits per heavy atom. The van der Waals surface area contributed by atoms with Gasteiger partial charge in [0.25, 0.3) is 0 Å². The molecule has 0 amide bonds. The number of nitrogens with two attached hydrogens (primary N) is 1. The standard InChI is InChI=1S/C16H26BrN3O/c1-13(18)16(14-5-2-3-6-15(14)17)20-8-4-7-19(9-10-20)11-12-21/h2-3,5-6,13,16,21H,4,7-12,18H2,1H3. The summed E-state index contributed by atoms with van der Waals surface area (Å²) in [6.45, 7) is 7.18. The fourth-order valence-corrected chi connectivity index (χ4v) is 3.68. The summed E-state index contributed by atoms with van der Waals surface area (Å²) in [5.74, 6) is 0. The number of hydrogen-bond acceptors (Lipinski definition) is 4. The first-order chi connectivity index (χ1) is 10.1. The molecule has 21 heavy (non-hydrogen) atoms. The molecule has 2 unspecified atom stereocenters. The predicted octanol–water partition coefficient (Wildman–Crippen LogP) is 1.84. The Morgan fingerprint density at radius 2 is 2.00 bits per heavy atom. The average Bonchev–Trinajstić information content (AvgIpc) is 2.67. The largest absolute Gasteiger partial charge is 0.395 e. The summed E-state index contributed by atoms with van der Waals surface area (Å²) in [4.78, 5) is 4.82. The third kappa shape index (κ3) is 4.50. The molecule has 0 saturated carbocycles. The highest BCUT2D eigenvalue weighted by molar-refractivity contribution is 9.10. The van der Waals surface area contributed by atoms with E-state index in [-0.39, 0.29) is 18.7 Å². The predicted molar refractivity (Wildman–Crippen MR) is 90.2 cm³/mol. The van der Waals surface area contributed by atoms with Crippen LogP contribution in [0.1, 0.15) is 24.9 Å². The van der Waals surface area contributed by atoms with E-state index in [1.54, 1.807) is 0 Å². The lowest BCUT2D eigenvalue weighted by molar-refractivity contribution is 0.168. The van der Waals surface area contributed by atoms with Crippen LogP contribution in [0, 0.1) is 0 Å². The summed E-state index contributed by atoms with van der Waals surface area (Å²) in [5, 5.41) is 9.11. The number of rotatable bonds is 5. The molecule has 3 N–H and O–H groups in total. The highest BCUT2D eigenvalue weighted by atomic mass is 79.9. The zero-order valence-electron chi connectivity index (χ0n) is 12.7. The molecule has 4 nitrogen and oxygen atoms in total. The Balaban J connectivity index is 2.14. The first-order valence-corrected chi connectivity index (χ1v) is 8.50. The normalized spacial score (nSPS) is 21.0. The zero-order valence-corrected chi connectivity index (χ0v) is 14.3. The van der Waals surface area contributed by atoms with Gasteiger partial charge in [0.05, 0.1) is 12.6 Å². The third-order valence-electron chi connectivity index (χ3n) is 4.15. The van der Waals surface area contributed by atoms with E-state index >= 15 is 0 Å². The summed E-state index contributed by atoms with van der Waals surface area (Å²) in [6.07, 6.45) is 1.12. The first kappa shape index (κ1) is 16.9. The van der Waals surface area contributed by atoms with Gasteiger partial charge in [0, 0.05) is 36.7 Å². The fourth-order valence-electron chi connectivity index (χ4n) is 3.16. The Bertz CT molecular complexity index is 441. The SMILES string of the molecule is CC(N)C(c1ccccc1Br)N1CCCN(CCO)CC1. The molecule has 0 aromatic heterocycles. The van der Waals surface area contributed by atoms with Crippen molar-refractivity contribution in [2.24, 2.45) is 5.73 Å². The molecule has 0 radical (unpaired) electrons. The molecule has 5 heteroatoms. The Kier molecular flexibility index (Phi) is 6.64. The van der Waals surface area contributed by atoms with Crippen LogP contribution >= 0.6 is 15.9 Å². The van der Waals surface area contributed by atoms with Gasteiger partial charge in [-0.2, -0.15) is 0 Å². The minimum atomic E-state index is 0.0769. The maximum atomic E-state index is 9.11. The van der Waals surface area contributed by atoms with Crippen molar-refractivity contribution in [1.82, 2.24) is 9.80 Å². The molecule has 1 saturated heterocycles. The number of halogens is 1. The van der Waals surface area contributed by atoms with Crippen LogP contribution in [0.5, 0.6) is 0 Å². The second kappa shape index (κ2) is 8.25. The second-order valence-electron chi connectivity index (χ2n) is 5.78. The third-order valence-corrected chi connectivity index (χ3v) is 4.88. The van der Waals surface area contributed by atoms with Gasteiger partial charge in [-0.15, -0.1) is 0 Å². The Labute approximate surface area is 136 Å². The molecule has 0 spiro atoms. The van der Waals surface area contributed by atoms with E-state index in [0.29, 0.717) is 0 Å². The van der Waals surface area contributed by atoms with Gasteiger partial charge in [0.2, 0.25) is 0 Å². The van der Waals surface area contributed by atoms with Gasteiger partial charge in [-0.05, 0) is 31.5 Å². The average molecular weight is 356 g/mol. The molecule has 0 aliphatic carbocycles. The van der Waals surface area contributed by atoms with Crippen molar-refractivity contribution in [3.63, 3.8) is 0 Å². The highest BCUT2D eigenvalue weighted by Gasteiger charge is 2.27. The van der Waals surface area contributed by atoms with Crippen LogP contribution in [-0.4, -0.2) is 60.3 Å². The lowest BCUT2D eigenvalue weighted by atomic mass is 9.99. The van der Waals surface area contributed by atoms with Crippen molar-refractivity contribution >= 4 is 15.9 Å². The van der Waals surface area contributed by atoms with Crippen molar-refractivity contribution in [2.75, 3.05) is 39.3 Å². The van der Waals surface area contributed by atoms with Crippen molar-refractivity contribution in [3.05, 3.63) is 34.3 Å². The van der Waals surface area contributed by atoms with Crippen LogP contribution in [0.15, 0.2) is 28.7 Å². The molecule has 1 aliphatic rings. The van der Waals surface area contributed by atoms with E-state index < -0.39 is 0 Å². The Morgan fingerprint density at radius 3 is 2.67 bits per heavy atom. The second-order valence-corrected chi connectivity index (χ2v) is 6.63. The Hall–Kier alpha value is -0.460. The topological polar surface area (TPSA) is 52.7 Å². The van der Waals surface area contributed by atoms with Gasteiger partial charge < -0.3 is 10.8 Å². The molecule has 1 fully saturated rings. The molecular formula is C16H26BrN3O. The lowest BCUT2D eigenvalue weighted by Gasteiger charge is -2.34. The smallest absolute Gasteiger partial charge is 0.0558 e. The van der Waals surface area contributed by atoms with Crippen LogP contribution in [0.3, 0.4) is 0 Å². The number of benzene rings is 1. The number of aliphatic hydroxyl groups excluding tert-OH is 1. The van der Waals surface area contributed by atoms with Crippen molar-refractivity contribution in [2.45, 2.75) is 25.4 Å². The van der Waals surface area contributed by atoms with E-state index in [1.807, 2.05) is 6.07 Å². The van der Waals surface area contributed by atoms with E-state index in [2.05, 4.69) is 50.9 Å². The summed E-state index contributed by atoms with van der Waals surface area (Å²) < 4.78 is 1.13. The van der Waals surface area contributed by atoms with Crippen LogP contribution in [-0.2, 0) is 0 Å². The van der Waals surface area contributed by atoms with Gasteiger partial charge in [0.15, 0.2) is 0 Å². The van der Waals surface area contributed by atoms with Crippen molar-refractivity contribution < 1.29 is 5.11 Å². The molecule has 1 heterocycles. The number of β-amino-alcohol motifs (C(OH)–C–C–N with tert-alkyl or cyclic N) is 1. The summed E-state index contributed by atoms with van der Waals surface area (Å²) >= 11 is 3.66. The van der Waals surface area contributed by atoms with Crippen molar-refractivity contribution in [1.29, 1.82) is 0 Å². The maximum Gasteiger partial charge on any atom is 0.0558 e. The van der Waals surface area contributed by atoms with E-state index in [9.17, 15) is 0 Å². The van der Waals surface area contributed by atoms with Gasteiger partial charge in [0.1, 0.15) is 0 Å². The molecule has 0 bridgehead atoms. The van der Waals surface area contributed by atoms with Gasteiger partial charge in [-0.25, -0.2) is 0 Å². The van der Waals surface area contributed by atoms with Crippen LogP contribution in [0.25, 0.3) is 0 Å². The first-order valence-electron chi connectivity index (χ1n) is 7.70. The number of aliphatic hydroxyl groups is 1. The summed E-state index contributed by atoms with van der Waals surface area (Å²) in [6, 6.07) is 8.67. The molecule has 1 aromatic carbocycles. The van der Waals surface area contributed by atoms with E-state index in [1.165, 1.54) is 5.56 Å². The molecule has 2 atom stereocenters. The van der Waals surface area contributed by atoms with Crippen LogP contribution in [0.2, 0.25) is 0 Å². The van der Waals surface area contributed by atoms with Crippen LogP contribution in [0.4, 0.5) is 0 Å².